The van der Waals surface area contributed by atoms with Crippen molar-refractivity contribution in [2.45, 2.75) is 45.8 Å². The number of rotatable bonds is 8. The zero-order valence-electron chi connectivity index (χ0n) is 12.4. The van der Waals surface area contributed by atoms with Gasteiger partial charge in [-0.05, 0) is 27.3 Å². The van der Waals surface area contributed by atoms with Crippen LogP contribution in [0.25, 0.3) is 0 Å². The van der Waals surface area contributed by atoms with Gasteiger partial charge >= 0.3 is 11.9 Å². The SMILES string of the molecule is CCNCC(CC(=O)OC(C)(C)C)OCC(=O)OC. The van der Waals surface area contributed by atoms with Gasteiger partial charge in [0.1, 0.15) is 12.2 Å². The van der Waals surface area contributed by atoms with Crippen molar-refractivity contribution in [2.75, 3.05) is 26.8 Å². The molecule has 0 aromatic rings. The number of hydrogen-bond acceptors (Lipinski definition) is 6. The molecular weight excluding hydrogens is 250 g/mol. The van der Waals surface area contributed by atoms with E-state index >= 15 is 0 Å². The number of methoxy groups -OCH3 is 1. The van der Waals surface area contributed by atoms with Crippen LogP contribution in [0.1, 0.15) is 34.1 Å². The second-order valence-corrected chi connectivity index (χ2v) is 5.11. The van der Waals surface area contributed by atoms with E-state index in [2.05, 4.69) is 10.1 Å². The third-order valence-corrected chi connectivity index (χ3v) is 2.10. The van der Waals surface area contributed by atoms with Crippen molar-refractivity contribution in [3.63, 3.8) is 0 Å². The molecule has 1 N–H and O–H groups in total. The zero-order valence-corrected chi connectivity index (χ0v) is 12.4. The fourth-order valence-corrected chi connectivity index (χ4v) is 1.31. The first-order valence-electron chi connectivity index (χ1n) is 6.39. The molecule has 0 radical (unpaired) electrons. The molecule has 0 aliphatic heterocycles. The van der Waals surface area contributed by atoms with Gasteiger partial charge in [0.15, 0.2) is 0 Å². The Morgan fingerprint density at radius 2 is 1.84 bits per heavy atom. The van der Waals surface area contributed by atoms with Crippen molar-refractivity contribution in [2.24, 2.45) is 0 Å². The van der Waals surface area contributed by atoms with Gasteiger partial charge in [-0.2, -0.15) is 0 Å². The molecule has 0 aromatic heterocycles. The summed E-state index contributed by atoms with van der Waals surface area (Å²) in [5.74, 6) is -0.814. The molecule has 0 amide bonds. The van der Waals surface area contributed by atoms with Gasteiger partial charge in [0.25, 0.3) is 0 Å². The summed E-state index contributed by atoms with van der Waals surface area (Å²) >= 11 is 0. The Labute approximate surface area is 114 Å². The Morgan fingerprint density at radius 3 is 2.32 bits per heavy atom. The molecule has 0 bridgehead atoms. The van der Waals surface area contributed by atoms with Gasteiger partial charge < -0.3 is 19.5 Å². The second kappa shape index (κ2) is 8.87. The van der Waals surface area contributed by atoms with Crippen LogP contribution >= 0.6 is 0 Å². The molecule has 1 unspecified atom stereocenters. The monoisotopic (exact) mass is 275 g/mol. The van der Waals surface area contributed by atoms with Crippen molar-refractivity contribution < 1.29 is 23.8 Å². The van der Waals surface area contributed by atoms with E-state index in [0.29, 0.717) is 6.54 Å². The van der Waals surface area contributed by atoms with E-state index in [9.17, 15) is 9.59 Å². The zero-order chi connectivity index (χ0) is 14.9. The molecule has 1 atom stereocenters. The maximum atomic E-state index is 11.7. The van der Waals surface area contributed by atoms with Gasteiger partial charge in [0.05, 0.1) is 19.6 Å². The number of hydrogen-bond donors (Lipinski definition) is 1. The highest BCUT2D eigenvalue weighted by Gasteiger charge is 2.21. The quantitative estimate of drug-likeness (QED) is 0.663. The lowest BCUT2D eigenvalue weighted by Gasteiger charge is -2.22. The Hall–Kier alpha value is -1.14. The molecule has 112 valence electrons. The predicted molar refractivity (Wildman–Crippen MR) is 70.8 cm³/mol. The van der Waals surface area contributed by atoms with E-state index in [1.807, 2.05) is 6.92 Å². The third kappa shape index (κ3) is 10.5. The molecule has 0 fully saturated rings. The fourth-order valence-electron chi connectivity index (χ4n) is 1.31. The van der Waals surface area contributed by atoms with Gasteiger partial charge in [-0.1, -0.05) is 6.92 Å². The number of carbonyl (C=O) groups excluding carboxylic acids is 2. The Morgan fingerprint density at radius 1 is 1.21 bits per heavy atom. The molecule has 0 saturated carbocycles. The first kappa shape index (κ1) is 17.9. The van der Waals surface area contributed by atoms with Crippen LogP contribution in [0, 0.1) is 0 Å². The molecule has 0 spiro atoms. The highest BCUT2D eigenvalue weighted by molar-refractivity contribution is 5.71. The van der Waals surface area contributed by atoms with Crippen LogP contribution in [0.5, 0.6) is 0 Å². The van der Waals surface area contributed by atoms with Crippen LogP contribution in [0.3, 0.4) is 0 Å². The van der Waals surface area contributed by atoms with Crippen LogP contribution in [0.4, 0.5) is 0 Å². The average molecular weight is 275 g/mol. The summed E-state index contributed by atoms with van der Waals surface area (Å²) < 4.78 is 15.1. The van der Waals surface area contributed by atoms with Crippen LogP contribution in [0.2, 0.25) is 0 Å². The number of nitrogens with one attached hydrogen (secondary N) is 1. The average Bonchev–Trinajstić information content (AvgIpc) is 2.29. The lowest BCUT2D eigenvalue weighted by molar-refractivity contribution is -0.160. The molecule has 0 aromatic carbocycles. The van der Waals surface area contributed by atoms with E-state index in [0.717, 1.165) is 6.54 Å². The van der Waals surface area contributed by atoms with E-state index in [4.69, 9.17) is 9.47 Å². The summed E-state index contributed by atoms with van der Waals surface area (Å²) in [6, 6.07) is 0. The summed E-state index contributed by atoms with van der Waals surface area (Å²) in [5, 5.41) is 3.07. The number of ether oxygens (including phenoxy) is 3. The molecular formula is C13H25NO5. The summed E-state index contributed by atoms with van der Waals surface area (Å²) in [7, 11) is 1.29. The number of carbonyl (C=O) groups is 2. The minimum absolute atomic E-state index is 0.0985. The van der Waals surface area contributed by atoms with Crippen molar-refractivity contribution in [1.82, 2.24) is 5.32 Å². The van der Waals surface area contributed by atoms with Crippen molar-refractivity contribution in [3.8, 4) is 0 Å². The summed E-state index contributed by atoms with van der Waals surface area (Å²) in [4.78, 5) is 22.7. The molecule has 0 aliphatic rings. The molecule has 0 heterocycles. The first-order chi connectivity index (χ1) is 8.78. The first-order valence-corrected chi connectivity index (χ1v) is 6.39. The van der Waals surface area contributed by atoms with E-state index < -0.39 is 17.7 Å². The third-order valence-electron chi connectivity index (χ3n) is 2.10. The smallest absolute Gasteiger partial charge is 0.331 e. The summed E-state index contributed by atoms with van der Waals surface area (Å²) in [6.07, 6.45) is -0.310. The molecule has 0 saturated heterocycles. The minimum Gasteiger partial charge on any atom is -0.467 e. The maximum Gasteiger partial charge on any atom is 0.331 e. The van der Waals surface area contributed by atoms with Crippen LogP contribution in [0.15, 0.2) is 0 Å². The van der Waals surface area contributed by atoms with Crippen molar-refractivity contribution in [1.29, 1.82) is 0 Å². The van der Waals surface area contributed by atoms with E-state index in [-0.39, 0.29) is 19.0 Å². The summed E-state index contributed by atoms with van der Waals surface area (Å²) in [5.41, 5.74) is -0.526. The molecule has 6 nitrogen and oxygen atoms in total. The van der Waals surface area contributed by atoms with Gasteiger partial charge in [0.2, 0.25) is 0 Å². The second-order valence-electron chi connectivity index (χ2n) is 5.11. The highest BCUT2D eigenvalue weighted by atomic mass is 16.6. The fraction of sp³-hybridized carbons (Fsp3) is 0.846. The standard InChI is InChI=1S/C13H25NO5/c1-6-14-8-10(18-9-12(16)17-5)7-11(15)19-13(2,3)4/h10,14H,6-9H2,1-5H3. The lowest BCUT2D eigenvalue weighted by atomic mass is 10.2. The van der Waals surface area contributed by atoms with Crippen molar-refractivity contribution in [3.05, 3.63) is 0 Å². The molecule has 19 heavy (non-hydrogen) atoms. The lowest BCUT2D eigenvalue weighted by Crippen LogP contribution is -2.35. The van der Waals surface area contributed by atoms with Crippen LogP contribution < -0.4 is 5.32 Å². The maximum absolute atomic E-state index is 11.7. The van der Waals surface area contributed by atoms with E-state index in [1.54, 1.807) is 20.8 Å². The normalized spacial score (nSPS) is 12.9. The van der Waals surface area contributed by atoms with Crippen LogP contribution in [-0.4, -0.2) is 50.4 Å². The van der Waals surface area contributed by atoms with Gasteiger partial charge in [-0.25, -0.2) is 4.79 Å². The van der Waals surface area contributed by atoms with Gasteiger partial charge in [0, 0.05) is 6.54 Å². The Kier molecular flexibility index (Phi) is 8.34. The molecule has 0 aliphatic carbocycles. The van der Waals surface area contributed by atoms with Gasteiger partial charge in [-0.3, -0.25) is 4.79 Å². The Balaban J connectivity index is 4.25. The van der Waals surface area contributed by atoms with Gasteiger partial charge in [-0.15, -0.1) is 0 Å². The molecule has 6 heteroatoms. The largest absolute Gasteiger partial charge is 0.467 e. The number of likely N-dealkylation sites (N-methyl/N-ethyl adjacent to an activating group) is 1. The highest BCUT2D eigenvalue weighted by Crippen LogP contribution is 2.10. The van der Waals surface area contributed by atoms with Crippen LogP contribution in [-0.2, 0) is 23.8 Å². The Bertz CT molecular complexity index is 285. The molecule has 0 rings (SSSR count). The van der Waals surface area contributed by atoms with Crippen molar-refractivity contribution >= 4 is 11.9 Å². The number of esters is 2. The summed E-state index contributed by atoms with van der Waals surface area (Å²) in [6.45, 7) is 8.43. The predicted octanol–water partition coefficient (Wildman–Crippen LogP) is 0.886. The topological polar surface area (TPSA) is 73.9 Å². The minimum atomic E-state index is -0.526. The van der Waals surface area contributed by atoms with E-state index in [1.165, 1.54) is 7.11 Å².